The van der Waals surface area contributed by atoms with E-state index in [9.17, 15) is 5.11 Å². The number of aliphatic hydroxyl groups excluding tert-OH is 1. The minimum absolute atomic E-state index is 0.239. The second-order valence-electron chi connectivity index (χ2n) is 7.80. The quantitative estimate of drug-likeness (QED) is 0.433. The number of nitrogens with one attached hydrogen (secondary N) is 2. The van der Waals surface area contributed by atoms with Crippen molar-refractivity contribution in [1.82, 2.24) is 15.6 Å². The highest BCUT2D eigenvalue weighted by Gasteiger charge is 2.14. The van der Waals surface area contributed by atoms with Crippen LogP contribution in [0.2, 0.25) is 0 Å². The molecule has 6 nitrogen and oxygen atoms in total. The lowest BCUT2D eigenvalue weighted by atomic mass is 9.94. The third-order valence-electron chi connectivity index (χ3n) is 4.90. The number of aromatic nitrogens is 1. The van der Waals surface area contributed by atoms with E-state index in [1.54, 1.807) is 0 Å². The van der Waals surface area contributed by atoms with Crippen molar-refractivity contribution >= 4 is 11.8 Å². The maximum atomic E-state index is 9.30. The SMILES string of the molecule is CCNC(=NCc1ccnc(N2CCCC2)c1)NCC(CCO)CC(C)C. The zero-order chi connectivity index (χ0) is 19.5. The molecule has 1 atom stereocenters. The van der Waals surface area contributed by atoms with E-state index in [4.69, 9.17) is 4.99 Å². The van der Waals surface area contributed by atoms with Crippen LogP contribution in [-0.4, -0.2) is 48.8 Å². The predicted octanol–water partition coefficient (Wildman–Crippen LogP) is 2.78. The molecule has 0 saturated carbocycles. The summed E-state index contributed by atoms with van der Waals surface area (Å²) in [5, 5.41) is 16.1. The number of pyridine rings is 1. The minimum atomic E-state index is 0.239. The van der Waals surface area contributed by atoms with E-state index in [-0.39, 0.29) is 6.61 Å². The highest BCUT2D eigenvalue weighted by Crippen LogP contribution is 2.19. The minimum Gasteiger partial charge on any atom is -0.396 e. The number of hydrogen-bond donors (Lipinski definition) is 3. The topological polar surface area (TPSA) is 72.8 Å². The molecule has 1 saturated heterocycles. The first kappa shape index (κ1) is 21.5. The molecule has 1 aromatic heterocycles. The van der Waals surface area contributed by atoms with Crippen LogP contribution < -0.4 is 15.5 Å². The number of nitrogens with zero attached hydrogens (tertiary/aromatic N) is 3. The number of hydrogen-bond acceptors (Lipinski definition) is 4. The molecular weight excluding hydrogens is 338 g/mol. The lowest BCUT2D eigenvalue weighted by Crippen LogP contribution is -2.40. The Morgan fingerprint density at radius 1 is 1.30 bits per heavy atom. The fourth-order valence-electron chi connectivity index (χ4n) is 3.58. The van der Waals surface area contributed by atoms with Crippen LogP contribution in [0.3, 0.4) is 0 Å². The van der Waals surface area contributed by atoms with Gasteiger partial charge < -0.3 is 20.6 Å². The summed E-state index contributed by atoms with van der Waals surface area (Å²) < 4.78 is 0. The van der Waals surface area contributed by atoms with E-state index in [1.165, 1.54) is 18.4 Å². The molecule has 0 aromatic carbocycles. The first-order chi connectivity index (χ1) is 13.1. The van der Waals surface area contributed by atoms with Gasteiger partial charge in [-0.3, -0.25) is 0 Å². The van der Waals surface area contributed by atoms with Crippen LogP contribution in [0.1, 0.15) is 52.0 Å². The van der Waals surface area contributed by atoms with Gasteiger partial charge in [0, 0.05) is 39.0 Å². The van der Waals surface area contributed by atoms with Gasteiger partial charge in [0.25, 0.3) is 0 Å². The number of aliphatic hydroxyl groups is 1. The normalized spacial score (nSPS) is 16.0. The second-order valence-corrected chi connectivity index (χ2v) is 7.80. The summed E-state index contributed by atoms with van der Waals surface area (Å²) in [6.07, 6.45) is 6.33. The molecule has 1 aromatic rings. The lowest BCUT2D eigenvalue weighted by Gasteiger charge is -2.20. The molecule has 2 heterocycles. The van der Waals surface area contributed by atoms with Gasteiger partial charge in [-0.15, -0.1) is 0 Å². The molecule has 0 spiro atoms. The average Bonchev–Trinajstić information content (AvgIpc) is 3.18. The largest absolute Gasteiger partial charge is 0.396 e. The van der Waals surface area contributed by atoms with Crippen LogP contribution in [0.25, 0.3) is 0 Å². The molecule has 1 aliphatic heterocycles. The number of aliphatic imine (C=N–C) groups is 1. The zero-order valence-corrected chi connectivity index (χ0v) is 17.2. The molecule has 0 bridgehead atoms. The van der Waals surface area contributed by atoms with Gasteiger partial charge in [-0.1, -0.05) is 13.8 Å². The standard InChI is InChI=1S/C21H37N5O/c1-4-22-21(25-16-19(8-12-27)13-17(2)3)24-15-18-7-9-23-20(14-18)26-10-5-6-11-26/h7,9,14,17,19,27H,4-6,8,10-13,15-16H2,1-3H3,(H2,22,24,25). The Bertz CT molecular complexity index is 569. The van der Waals surface area contributed by atoms with Crippen molar-refractivity contribution in [2.24, 2.45) is 16.8 Å². The van der Waals surface area contributed by atoms with Crippen LogP contribution in [0.5, 0.6) is 0 Å². The van der Waals surface area contributed by atoms with Crippen molar-refractivity contribution in [2.45, 2.75) is 53.0 Å². The molecule has 1 fully saturated rings. The molecular formula is C21H37N5O. The summed E-state index contributed by atoms with van der Waals surface area (Å²) in [5.41, 5.74) is 1.18. The summed E-state index contributed by atoms with van der Waals surface area (Å²) in [5.74, 6) is 2.99. The molecule has 0 aliphatic carbocycles. The Morgan fingerprint density at radius 3 is 2.74 bits per heavy atom. The highest BCUT2D eigenvalue weighted by molar-refractivity contribution is 5.79. The maximum Gasteiger partial charge on any atom is 0.191 e. The third-order valence-corrected chi connectivity index (χ3v) is 4.90. The molecule has 0 radical (unpaired) electrons. The number of guanidine groups is 1. The second kappa shape index (κ2) is 11.8. The van der Waals surface area contributed by atoms with Crippen LogP contribution in [0.15, 0.2) is 23.3 Å². The van der Waals surface area contributed by atoms with E-state index in [0.29, 0.717) is 18.4 Å². The summed E-state index contributed by atoms with van der Waals surface area (Å²) in [7, 11) is 0. The van der Waals surface area contributed by atoms with Crippen molar-refractivity contribution in [3.8, 4) is 0 Å². The van der Waals surface area contributed by atoms with Crippen molar-refractivity contribution < 1.29 is 5.11 Å². The average molecular weight is 376 g/mol. The van der Waals surface area contributed by atoms with E-state index < -0.39 is 0 Å². The molecule has 27 heavy (non-hydrogen) atoms. The van der Waals surface area contributed by atoms with Gasteiger partial charge in [0.1, 0.15) is 5.82 Å². The van der Waals surface area contributed by atoms with Crippen LogP contribution in [-0.2, 0) is 6.54 Å². The molecule has 0 amide bonds. The Labute approximate surface area is 164 Å². The molecule has 152 valence electrons. The first-order valence-electron chi connectivity index (χ1n) is 10.4. The van der Waals surface area contributed by atoms with E-state index in [2.05, 4.69) is 47.4 Å². The number of rotatable bonds is 10. The fraction of sp³-hybridized carbons (Fsp3) is 0.714. The van der Waals surface area contributed by atoms with Gasteiger partial charge in [0.15, 0.2) is 5.96 Å². The lowest BCUT2D eigenvalue weighted by molar-refractivity contribution is 0.243. The van der Waals surface area contributed by atoms with Gasteiger partial charge in [0.05, 0.1) is 6.54 Å². The molecule has 1 unspecified atom stereocenters. The molecule has 6 heteroatoms. The Kier molecular flexibility index (Phi) is 9.39. The highest BCUT2D eigenvalue weighted by atomic mass is 16.3. The van der Waals surface area contributed by atoms with E-state index in [0.717, 1.165) is 50.8 Å². The van der Waals surface area contributed by atoms with E-state index >= 15 is 0 Å². The first-order valence-corrected chi connectivity index (χ1v) is 10.4. The fourth-order valence-corrected chi connectivity index (χ4v) is 3.58. The molecule has 2 rings (SSSR count). The Hall–Kier alpha value is -1.82. The van der Waals surface area contributed by atoms with Crippen molar-refractivity contribution in [3.05, 3.63) is 23.9 Å². The third kappa shape index (κ3) is 7.75. The van der Waals surface area contributed by atoms with Gasteiger partial charge in [-0.25, -0.2) is 9.98 Å². The Balaban J connectivity index is 1.94. The molecule has 3 N–H and O–H groups in total. The summed E-state index contributed by atoms with van der Waals surface area (Å²) in [4.78, 5) is 11.6. The van der Waals surface area contributed by atoms with Crippen LogP contribution in [0, 0.1) is 11.8 Å². The van der Waals surface area contributed by atoms with Crippen molar-refractivity contribution in [2.75, 3.05) is 37.7 Å². The van der Waals surface area contributed by atoms with Crippen molar-refractivity contribution in [1.29, 1.82) is 0 Å². The van der Waals surface area contributed by atoms with Gasteiger partial charge >= 0.3 is 0 Å². The summed E-state index contributed by atoms with van der Waals surface area (Å²) >= 11 is 0. The van der Waals surface area contributed by atoms with Gasteiger partial charge in [0.2, 0.25) is 0 Å². The predicted molar refractivity (Wildman–Crippen MR) is 113 cm³/mol. The summed E-state index contributed by atoms with van der Waals surface area (Å²) in [6, 6.07) is 4.20. The smallest absolute Gasteiger partial charge is 0.191 e. The number of anilines is 1. The summed E-state index contributed by atoms with van der Waals surface area (Å²) in [6.45, 7) is 11.3. The molecule has 1 aliphatic rings. The zero-order valence-electron chi connectivity index (χ0n) is 17.2. The van der Waals surface area contributed by atoms with Gasteiger partial charge in [-0.05, 0) is 62.1 Å². The van der Waals surface area contributed by atoms with Crippen LogP contribution >= 0.6 is 0 Å². The van der Waals surface area contributed by atoms with Crippen molar-refractivity contribution in [3.63, 3.8) is 0 Å². The van der Waals surface area contributed by atoms with Crippen LogP contribution in [0.4, 0.5) is 5.82 Å². The monoisotopic (exact) mass is 375 g/mol. The van der Waals surface area contributed by atoms with Gasteiger partial charge in [-0.2, -0.15) is 0 Å². The Morgan fingerprint density at radius 2 is 2.07 bits per heavy atom. The maximum absolute atomic E-state index is 9.30. The van der Waals surface area contributed by atoms with E-state index in [1.807, 2.05) is 12.3 Å².